The number of sulfonamides is 1. The van der Waals surface area contributed by atoms with E-state index in [9.17, 15) is 17.2 Å². The van der Waals surface area contributed by atoms with Crippen LogP contribution in [0.2, 0.25) is 0 Å². The van der Waals surface area contributed by atoms with E-state index < -0.39 is 16.6 Å². The van der Waals surface area contributed by atoms with Crippen molar-refractivity contribution in [3.05, 3.63) is 29.8 Å². The minimum Gasteiger partial charge on any atom is -0.434 e. The smallest absolute Gasteiger partial charge is 0.387 e. The van der Waals surface area contributed by atoms with Gasteiger partial charge in [-0.05, 0) is 26.3 Å². The van der Waals surface area contributed by atoms with Crippen molar-refractivity contribution in [2.24, 2.45) is 4.99 Å². The molecule has 0 aliphatic carbocycles. The van der Waals surface area contributed by atoms with E-state index in [1.165, 1.54) is 6.07 Å². The highest BCUT2D eigenvalue weighted by Crippen LogP contribution is 2.20. The van der Waals surface area contributed by atoms with Crippen LogP contribution in [0.25, 0.3) is 0 Å². The first-order valence-corrected chi connectivity index (χ1v) is 10.1. The van der Waals surface area contributed by atoms with Crippen LogP contribution in [0.15, 0.2) is 29.3 Å². The molecule has 1 aromatic rings. The molecule has 0 saturated carbocycles. The lowest BCUT2D eigenvalue weighted by Gasteiger charge is -2.13. The van der Waals surface area contributed by atoms with Crippen LogP contribution in [0.5, 0.6) is 5.75 Å². The van der Waals surface area contributed by atoms with Gasteiger partial charge in [0, 0.05) is 25.2 Å². The van der Waals surface area contributed by atoms with Crippen LogP contribution < -0.4 is 20.1 Å². The molecule has 11 heteroatoms. The fourth-order valence-corrected chi connectivity index (χ4v) is 2.64. The second-order valence-electron chi connectivity index (χ2n) is 5.26. The Morgan fingerprint density at radius 2 is 1.89 bits per heavy atom. The van der Waals surface area contributed by atoms with Crippen molar-refractivity contribution >= 4 is 40.0 Å². The SMILES string of the molecule is CCNC(=NCc1ccccc1OC(F)F)NCCCNS(=O)(=O)CC.I. The minimum atomic E-state index is -3.19. The molecule has 0 heterocycles. The summed E-state index contributed by atoms with van der Waals surface area (Å²) in [5.74, 6) is 0.652. The van der Waals surface area contributed by atoms with E-state index in [0.717, 1.165) is 0 Å². The Bertz CT molecular complexity index is 675. The molecule has 0 atom stereocenters. The number of nitrogens with one attached hydrogen (secondary N) is 3. The van der Waals surface area contributed by atoms with Gasteiger partial charge in [0.15, 0.2) is 5.96 Å². The Balaban J connectivity index is 0.00000676. The predicted octanol–water partition coefficient (Wildman–Crippen LogP) is 2.29. The first kappa shape index (κ1) is 25.8. The van der Waals surface area contributed by atoms with Crippen LogP contribution in [0, 0.1) is 0 Å². The molecule has 0 spiro atoms. The Morgan fingerprint density at radius 3 is 2.52 bits per heavy atom. The van der Waals surface area contributed by atoms with Gasteiger partial charge in [0.2, 0.25) is 10.0 Å². The zero-order chi connectivity index (χ0) is 19.4. The van der Waals surface area contributed by atoms with E-state index in [2.05, 4.69) is 25.1 Å². The maximum atomic E-state index is 12.4. The standard InChI is InChI=1S/C16H26F2N4O3S.HI/c1-3-19-16(20-10-7-11-22-26(23,24)4-2)21-12-13-8-5-6-9-14(13)25-15(17)18;/h5-6,8-9,15,22H,3-4,7,10-12H2,1-2H3,(H2,19,20,21);1H. The van der Waals surface area contributed by atoms with Gasteiger partial charge in [-0.15, -0.1) is 24.0 Å². The second kappa shape index (κ2) is 13.9. The number of hydrogen-bond donors (Lipinski definition) is 3. The van der Waals surface area contributed by atoms with Crippen molar-refractivity contribution in [1.82, 2.24) is 15.4 Å². The van der Waals surface area contributed by atoms with E-state index in [4.69, 9.17) is 0 Å². The molecule has 3 N–H and O–H groups in total. The van der Waals surface area contributed by atoms with E-state index >= 15 is 0 Å². The summed E-state index contributed by atoms with van der Waals surface area (Å²) in [6.45, 7) is 2.22. The highest BCUT2D eigenvalue weighted by molar-refractivity contribution is 14.0. The first-order valence-electron chi connectivity index (χ1n) is 8.40. The van der Waals surface area contributed by atoms with Crippen molar-refractivity contribution in [1.29, 1.82) is 0 Å². The Morgan fingerprint density at radius 1 is 1.19 bits per heavy atom. The molecule has 1 rings (SSSR count). The average molecular weight is 520 g/mol. The van der Waals surface area contributed by atoms with Crippen LogP contribution in [-0.2, 0) is 16.6 Å². The summed E-state index contributed by atoms with van der Waals surface area (Å²) in [6.07, 6.45) is 0.578. The number of rotatable bonds is 11. The molecule has 7 nitrogen and oxygen atoms in total. The highest BCUT2D eigenvalue weighted by Gasteiger charge is 2.09. The fraction of sp³-hybridized carbons (Fsp3) is 0.562. The summed E-state index contributed by atoms with van der Waals surface area (Å²) < 4.78 is 54.5. The number of hydrogen-bond acceptors (Lipinski definition) is 4. The van der Waals surface area contributed by atoms with E-state index in [-0.39, 0.29) is 42.0 Å². The first-order chi connectivity index (χ1) is 12.4. The maximum absolute atomic E-state index is 12.4. The number of ether oxygens (including phenoxy) is 1. The van der Waals surface area contributed by atoms with Crippen molar-refractivity contribution in [3.63, 3.8) is 0 Å². The zero-order valence-corrected chi connectivity index (χ0v) is 18.5. The van der Waals surface area contributed by atoms with E-state index in [1.807, 2.05) is 6.92 Å². The van der Waals surface area contributed by atoms with Crippen molar-refractivity contribution in [2.75, 3.05) is 25.4 Å². The number of guanidine groups is 1. The van der Waals surface area contributed by atoms with Crippen molar-refractivity contribution < 1.29 is 21.9 Å². The lowest BCUT2D eigenvalue weighted by atomic mass is 10.2. The third-order valence-electron chi connectivity index (χ3n) is 3.29. The van der Waals surface area contributed by atoms with Gasteiger partial charge in [0.05, 0.1) is 12.3 Å². The number of benzene rings is 1. The second-order valence-corrected chi connectivity index (χ2v) is 7.36. The number of alkyl halides is 2. The molecular weight excluding hydrogens is 493 g/mol. The molecule has 0 saturated heterocycles. The zero-order valence-electron chi connectivity index (χ0n) is 15.4. The van der Waals surface area contributed by atoms with Crippen LogP contribution in [-0.4, -0.2) is 46.4 Å². The monoisotopic (exact) mass is 520 g/mol. The molecule has 0 bridgehead atoms. The normalized spacial score (nSPS) is 11.8. The molecule has 0 aromatic heterocycles. The molecule has 0 unspecified atom stereocenters. The van der Waals surface area contributed by atoms with Crippen LogP contribution >= 0.6 is 24.0 Å². The van der Waals surface area contributed by atoms with Crippen LogP contribution in [0.3, 0.4) is 0 Å². The Labute approximate surface area is 176 Å². The average Bonchev–Trinajstić information content (AvgIpc) is 2.60. The van der Waals surface area contributed by atoms with Gasteiger partial charge < -0.3 is 15.4 Å². The summed E-state index contributed by atoms with van der Waals surface area (Å²) in [5.41, 5.74) is 0.542. The Kier molecular flexibility index (Phi) is 13.3. The molecule has 0 aliphatic heterocycles. The van der Waals surface area contributed by atoms with Gasteiger partial charge in [-0.1, -0.05) is 18.2 Å². The van der Waals surface area contributed by atoms with Gasteiger partial charge >= 0.3 is 6.61 Å². The molecular formula is C16H27F2IN4O3S. The molecule has 156 valence electrons. The number of aliphatic imine (C=N–C) groups is 1. The summed E-state index contributed by atoms with van der Waals surface area (Å²) in [5, 5.41) is 6.11. The quantitative estimate of drug-likeness (QED) is 0.180. The van der Waals surface area contributed by atoms with Crippen molar-refractivity contribution in [3.8, 4) is 5.75 Å². The van der Waals surface area contributed by atoms with Crippen LogP contribution in [0.1, 0.15) is 25.8 Å². The largest absolute Gasteiger partial charge is 0.434 e. The summed E-state index contributed by atoms with van der Waals surface area (Å²) in [6, 6.07) is 6.48. The van der Waals surface area contributed by atoms with Gasteiger partial charge in [0.25, 0.3) is 0 Å². The summed E-state index contributed by atoms with van der Waals surface area (Å²) in [4.78, 5) is 4.35. The predicted molar refractivity (Wildman–Crippen MR) is 113 cm³/mol. The maximum Gasteiger partial charge on any atom is 0.387 e. The lowest BCUT2D eigenvalue weighted by molar-refractivity contribution is -0.0504. The topological polar surface area (TPSA) is 91.8 Å². The molecule has 0 radical (unpaired) electrons. The highest BCUT2D eigenvalue weighted by atomic mass is 127. The number of para-hydroxylation sites is 1. The third kappa shape index (κ3) is 11.3. The molecule has 0 amide bonds. The van der Waals surface area contributed by atoms with E-state index in [0.29, 0.717) is 37.6 Å². The van der Waals surface area contributed by atoms with E-state index in [1.54, 1.807) is 25.1 Å². The minimum absolute atomic E-state index is 0. The Hall–Kier alpha value is -1.21. The summed E-state index contributed by atoms with van der Waals surface area (Å²) >= 11 is 0. The summed E-state index contributed by atoms with van der Waals surface area (Å²) in [7, 11) is -3.19. The van der Waals surface area contributed by atoms with Gasteiger partial charge in [-0.3, -0.25) is 0 Å². The number of halogens is 3. The van der Waals surface area contributed by atoms with Gasteiger partial charge in [-0.25, -0.2) is 18.1 Å². The molecule has 27 heavy (non-hydrogen) atoms. The molecule has 0 fully saturated rings. The third-order valence-corrected chi connectivity index (χ3v) is 4.69. The number of nitrogens with zero attached hydrogens (tertiary/aromatic N) is 1. The fourth-order valence-electron chi connectivity index (χ4n) is 1.98. The lowest BCUT2D eigenvalue weighted by Crippen LogP contribution is -2.38. The van der Waals surface area contributed by atoms with Gasteiger partial charge in [-0.2, -0.15) is 8.78 Å². The van der Waals surface area contributed by atoms with Crippen LogP contribution in [0.4, 0.5) is 8.78 Å². The van der Waals surface area contributed by atoms with Crippen molar-refractivity contribution in [2.45, 2.75) is 33.4 Å². The van der Waals surface area contributed by atoms with Gasteiger partial charge in [0.1, 0.15) is 5.75 Å². The molecule has 0 aliphatic rings. The molecule has 1 aromatic carbocycles.